The molecule has 1 aromatic carbocycles. The number of unbranched alkanes of at least 4 members (excludes halogenated alkanes) is 3. The van der Waals surface area contributed by atoms with Crippen molar-refractivity contribution in [2.75, 3.05) is 26.0 Å². The Morgan fingerprint density at radius 1 is 1.06 bits per heavy atom. The first-order valence-corrected chi connectivity index (χ1v) is 12.9. The Bertz CT molecular complexity index is 869. The number of rotatable bonds is 13. The van der Waals surface area contributed by atoms with Crippen molar-refractivity contribution in [2.24, 2.45) is 0 Å². The maximum atomic E-state index is 13.8. The lowest BCUT2D eigenvalue weighted by Crippen LogP contribution is -2.54. The van der Waals surface area contributed by atoms with E-state index in [2.05, 4.69) is 34.9 Å². The molecule has 0 saturated heterocycles. The summed E-state index contributed by atoms with van der Waals surface area (Å²) in [7, 11) is 1.23. The van der Waals surface area contributed by atoms with Crippen molar-refractivity contribution in [3.8, 4) is 0 Å². The molecule has 1 aromatic rings. The average Bonchev–Trinajstić information content (AvgIpc) is 2.82. The van der Waals surface area contributed by atoms with Crippen LogP contribution in [0.1, 0.15) is 70.5 Å². The number of nitrogens with one attached hydrogen (secondary N) is 2. The van der Waals surface area contributed by atoms with E-state index >= 15 is 0 Å². The van der Waals surface area contributed by atoms with Crippen LogP contribution >= 0.6 is 12.6 Å². The minimum Gasteiger partial charge on any atom is -0.468 e. The van der Waals surface area contributed by atoms with Crippen molar-refractivity contribution in [1.82, 2.24) is 15.5 Å². The van der Waals surface area contributed by atoms with E-state index in [1.165, 1.54) is 12.0 Å². The number of nitrogens with zero attached hydrogens (tertiary/aromatic N) is 1. The molecule has 9 nitrogen and oxygen atoms in total. The fraction of sp³-hybridized carbons (Fsp3) is 0.615. The molecule has 0 fully saturated rings. The Labute approximate surface area is 220 Å². The molecule has 36 heavy (non-hydrogen) atoms. The van der Waals surface area contributed by atoms with E-state index in [-0.39, 0.29) is 18.8 Å². The Morgan fingerprint density at radius 2 is 1.69 bits per heavy atom. The first-order valence-electron chi connectivity index (χ1n) is 12.2. The SMILES string of the molecule is CCCCCCN(C(=O)C(CS)NC(=O)OC(C)(C)C)C(C(=O)NCC(=O)OC)c1ccc(C)cc1. The topological polar surface area (TPSA) is 114 Å². The normalized spacial score (nSPS) is 12.8. The minimum atomic E-state index is -1.02. The minimum absolute atomic E-state index is 0.00787. The number of hydrogen-bond acceptors (Lipinski definition) is 7. The first kappa shape index (κ1) is 31.3. The van der Waals surface area contributed by atoms with E-state index < -0.39 is 41.6 Å². The van der Waals surface area contributed by atoms with Gasteiger partial charge in [0.05, 0.1) is 7.11 Å². The zero-order chi connectivity index (χ0) is 27.3. The third-order valence-electron chi connectivity index (χ3n) is 5.30. The summed E-state index contributed by atoms with van der Waals surface area (Å²) in [5.41, 5.74) is 0.835. The first-order chi connectivity index (χ1) is 16.9. The predicted octanol–water partition coefficient (Wildman–Crippen LogP) is 3.56. The molecule has 0 aliphatic heterocycles. The van der Waals surface area contributed by atoms with Crippen LogP contribution < -0.4 is 10.6 Å². The molecule has 0 aliphatic carbocycles. The highest BCUT2D eigenvalue weighted by Crippen LogP contribution is 2.24. The second kappa shape index (κ2) is 15.4. The van der Waals surface area contributed by atoms with Gasteiger partial charge in [0.1, 0.15) is 24.2 Å². The quantitative estimate of drug-likeness (QED) is 0.207. The maximum Gasteiger partial charge on any atom is 0.408 e. The van der Waals surface area contributed by atoms with Crippen LogP contribution in [-0.4, -0.2) is 66.4 Å². The molecular formula is C26H41N3O6S. The summed E-state index contributed by atoms with van der Waals surface area (Å²) in [6, 6.07) is 5.22. The Hall–Kier alpha value is -2.75. The van der Waals surface area contributed by atoms with Gasteiger partial charge in [-0.2, -0.15) is 12.6 Å². The fourth-order valence-electron chi connectivity index (χ4n) is 3.46. The largest absolute Gasteiger partial charge is 0.468 e. The fourth-order valence-corrected chi connectivity index (χ4v) is 3.71. The molecule has 0 saturated carbocycles. The van der Waals surface area contributed by atoms with Crippen molar-refractivity contribution in [1.29, 1.82) is 0 Å². The third kappa shape index (κ3) is 10.9. The number of ether oxygens (including phenoxy) is 2. The van der Waals surface area contributed by atoms with Gasteiger partial charge in [-0.25, -0.2) is 4.79 Å². The van der Waals surface area contributed by atoms with Gasteiger partial charge in [0.25, 0.3) is 0 Å². The van der Waals surface area contributed by atoms with E-state index in [4.69, 9.17) is 4.74 Å². The zero-order valence-corrected chi connectivity index (χ0v) is 23.2. The molecule has 0 bridgehead atoms. The smallest absolute Gasteiger partial charge is 0.408 e. The van der Waals surface area contributed by atoms with Crippen molar-refractivity contribution >= 4 is 36.5 Å². The van der Waals surface area contributed by atoms with Crippen LogP contribution in [0, 0.1) is 6.92 Å². The summed E-state index contributed by atoms with van der Waals surface area (Å²) in [5.74, 6) is -1.59. The molecule has 0 spiro atoms. The van der Waals surface area contributed by atoms with E-state index in [0.717, 1.165) is 24.8 Å². The molecule has 0 aliphatic rings. The summed E-state index contributed by atoms with van der Waals surface area (Å²) in [4.78, 5) is 52.6. The monoisotopic (exact) mass is 523 g/mol. The van der Waals surface area contributed by atoms with Crippen molar-refractivity contribution in [3.63, 3.8) is 0 Å². The zero-order valence-electron chi connectivity index (χ0n) is 22.3. The maximum absolute atomic E-state index is 13.8. The van der Waals surface area contributed by atoms with Gasteiger partial charge >= 0.3 is 12.1 Å². The van der Waals surface area contributed by atoms with Gasteiger partial charge in [-0.05, 0) is 39.7 Å². The van der Waals surface area contributed by atoms with Gasteiger partial charge in [-0.1, -0.05) is 56.0 Å². The number of methoxy groups -OCH3 is 1. The van der Waals surface area contributed by atoms with E-state index in [1.807, 2.05) is 19.1 Å². The van der Waals surface area contributed by atoms with Crippen LogP contribution in [0.15, 0.2) is 24.3 Å². The molecule has 2 N–H and O–H groups in total. The van der Waals surface area contributed by atoms with Gasteiger partial charge in [0.15, 0.2) is 0 Å². The van der Waals surface area contributed by atoms with Crippen LogP contribution in [0.3, 0.4) is 0 Å². The summed E-state index contributed by atoms with van der Waals surface area (Å²) >= 11 is 4.28. The Morgan fingerprint density at radius 3 is 2.22 bits per heavy atom. The van der Waals surface area contributed by atoms with Crippen molar-refractivity contribution in [3.05, 3.63) is 35.4 Å². The van der Waals surface area contributed by atoms with E-state index in [9.17, 15) is 19.2 Å². The van der Waals surface area contributed by atoms with E-state index in [1.54, 1.807) is 32.9 Å². The van der Waals surface area contributed by atoms with Crippen LogP contribution in [0.4, 0.5) is 4.79 Å². The van der Waals surface area contributed by atoms with Crippen LogP contribution in [0.5, 0.6) is 0 Å². The number of aryl methyl sites for hydroxylation is 1. The van der Waals surface area contributed by atoms with Gasteiger partial charge in [-0.3, -0.25) is 14.4 Å². The molecule has 3 amide bonds. The molecule has 0 radical (unpaired) electrons. The van der Waals surface area contributed by atoms with Crippen molar-refractivity contribution < 1.29 is 28.7 Å². The molecule has 2 atom stereocenters. The number of carbonyl (C=O) groups is 4. The van der Waals surface area contributed by atoms with Crippen molar-refractivity contribution in [2.45, 2.75) is 78.0 Å². The van der Waals surface area contributed by atoms with Crippen LogP contribution in [0.2, 0.25) is 0 Å². The van der Waals surface area contributed by atoms with Crippen LogP contribution in [-0.2, 0) is 23.9 Å². The lowest BCUT2D eigenvalue weighted by Gasteiger charge is -2.34. The molecule has 1 rings (SSSR count). The van der Waals surface area contributed by atoms with Gasteiger partial charge in [0.2, 0.25) is 11.8 Å². The molecule has 0 heterocycles. The molecule has 10 heteroatoms. The highest BCUT2D eigenvalue weighted by Gasteiger charge is 2.35. The summed E-state index contributed by atoms with van der Waals surface area (Å²) in [6.07, 6.45) is 2.78. The number of esters is 1. The summed E-state index contributed by atoms with van der Waals surface area (Å²) < 4.78 is 9.95. The number of amides is 3. The van der Waals surface area contributed by atoms with Crippen LogP contribution in [0.25, 0.3) is 0 Å². The number of alkyl carbamates (subject to hydrolysis) is 1. The highest BCUT2D eigenvalue weighted by molar-refractivity contribution is 7.80. The Kier molecular flexibility index (Phi) is 13.4. The summed E-state index contributed by atoms with van der Waals surface area (Å²) in [5, 5.41) is 5.16. The number of hydrogen-bond donors (Lipinski definition) is 3. The van der Waals surface area contributed by atoms with Gasteiger partial charge in [0, 0.05) is 12.3 Å². The lowest BCUT2D eigenvalue weighted by molar-refractivity contribution is -0.144. The standard InChI is InChI=1S/C26H41N3O6S/c1-7-8-9-10-15-29(24(32)20(17-36)28-25(33)35-26(3,4)5)22(19-13-11-18(2)12-14-19)23(31)27-16-21(30)34-6/h11-14,20,22,36H,7-10,15-17H2,1-6H3,(H,27,31)(H,28,33). The number of thiol groups is 1. The second-order valence-corrected chi connectivity index (χ2v) is 9.95. The predicted molar refractivity (Wildman–Crippen MR) is 142 cm³/mol. The molecular weight excluding hydrogens is 482 g/mol. The molecule has 2 unspecified atom stereocenters. The third-order valence-corrected chi connectivity index (χ3v) is 5.66. The summed E-state index contributed by atoms with van der Waals surface area (Å²) in [6.45, 7) is 9.13. The highest BCUT2D eigenvalue weighted by atomic mass is 32.1. The lowest BCUT2D eigenvalue weighted by atomic mass is 10.0. The average molecular weight is 524 g/mol. The second-order valence-electron chi connectivity index (χ2n) is 9.58. The van der Waals surface area contributed by atoms with E-state index in [0.29, 0.717) is 12.0 Å². The van der Waals surface area contributed by atoms with Gasteiger partial charge < -0.3 is 25.0 Å². The van der Waals surface area contributed by atoms with Gasteiger partial charge in [-0.15, -0.1) is 0 Å². The number of carbonyl (C=O) groups excluding carboxylic acids is 4. The Balaban J connectivity index is 3.35. The number of benzene rings is 1. The molecule has 0 aromatic heterocycles. The molecule has 202 valence electrons.